The molecule has 17 heavy (non-hydrogen) atoms. The van der Waals surface area contributed by atoms with Crippen LogP contribution in [-0.2, 0) is 9.31 Å². The molecule has 0 bridgehead atoms. The highest BCUT2D eigenvalue weighted by atomic mass is 32.1. The molecule has 0 spiro atoms. The Bertz CT molecular complexity index is 397. The highest BCUT2D eigenvalue weighted by Crippen LogP contribution is 2.58. The SMILES string of the molecule is CC1(C)OB([C@@H]2C[C@H]2c2ccsc2)OC1(C)C. The normalized spacial score (nSPS) is 34.0. The van der Waals surface area contributed by atoms with Gasteiger partial charge in [0.15, 0.2) is 0 Å². The summed E-state index contributed by atoms with van der Waals surface area (Å²) in [4.78, 5) is 0. The van der Waals surface area contributed by atoms with Crippen LogP contribution >= 0.6 is 11.3 Å². The van der Waals surface area contributed by atoms with Gasteiger partial charge in [0.2, 0.25) is 0 Å². The summed E-state index contributed by atoms with van der Waals surface area (Å²) < 4.78 is 12.2. The first-order valence-corrected chi connectivity index (χ1v) is 7.23. The van der Waals surface area contributed by atoms with Gasteiger partial charge in [-0.2, -0.15) is 11.3 Å². The van der Waals surface area contributed by atoms with Crippen LogP contribution in [0.25, 0.3) is 0 Å². The van der Waals surface area contributed by atoms with Crippen LogP contribution in [0.5, 0.6) is 0 Å². The lowest BCUT2D eigenvalue weighted by molar-refractivity contribution is 0.00578. The summed E-state index contributed by atoms with van der Waals surface area (Å²) in [5.41, 5.74) is 1.06. The van der Waals surface area contributed by atoms with Crippen LogP contribution in [0.2, 0.25) is 5.82 Å². The predicted octanol–water partition coefficient (Wildman–Crippen LogP) is 3.70. The Hall–Kier alpha value is -0.315. The molecule has 2 aliphatic rings. The summed E-state index contributed by atoms with van der Waals surface area (Å²) in [6.07, 6.45) is 1.20. The summed E-state index contributed by atoms with van der Waals surface area (Å²) in [5, 5.41) is 4.39. The Morgan fingerprint density at radius 1 is 1.24 bits per heavy atom. The van der Waals surface area contributed by atoms with Gasteiger partial charge in [-0.3, -0.25) is 0 Å². The van der Waals surface area contributed by atoms with Crippen molar-refractivity contribution in [3.63, 3.8) is 0 Å². The van der Waals surface area contributed by atoms with E-state index in [0.717, 1.165) is 0 Å². The van der Waals surface area contributed by atoms with Crippen LogP contribution in [0.3, 0.4) is 0 Å². The van der Waals surface area contributed by atoms with Crippen molar-refractivity contribution in [3.05, 3.63) is 22.4 Å². The van der Waals surface area contributed by atoms with Gasteiger partial charge in [0.1, 0.15) is 0 Å². The Morgan fingerprint density at radius 3 is 2.41 bits per heavy atom. The zero-order chi connectivity index (χ0) is 12.3. The van der Waals surface area contributed by atoms with Crippen LogP contribution in [0.15, 0.2) is 16.8 Å². The largest absolute Gasteiger partial charge is 0.461 e. The summed E-state index contributed by atoms with van der Waals surface area (Å²) in [6, 6.07) is 2.22. The van der Waals surface area contributed by atoms with Gasteiger partial charge in [-0.25, -0.2) is 0 Å². The number of hydrogen-bond acceptors (Lipinski definition) is 3. The topological polar surface area (TPSA) is 18.5 Å². The van der Waals surface area contributed by atoms with Gasteiger partial charge in [0.05, 0.1) is 11.2 Å². The molecule has 2 atom stereocenters. The van der Waals surface area contributed by atoms with Gasteiger partial charge in [-0.1, -0.05) is 0 Å². The van der Waals surface area contributed by atoms with Crippen molar-refractivity contribution < 1.29 is 9.31 Å². The molecule has 1 saturated heterocycles. The van der Waals surface area contributed by atoms with E-state index < -0.39 is 0 Å². The molecule has 2 fully saturated rings. The van der Waals surface area contributed by atoms with Crippen molar-refractivity contribution in [2.75, 3.05) is 0 Å². The Balaban J connectivity index is 1.70. The average Bonchev–Trinajstić information content (AvgIpc) is 2.75. The third kappa shape index (κ3) is 1.87. The van der Waals surface area contributed by atoms with E-state index >= 15 is 0 Å². The van der Waals surface area contributed by atoms with Crippen molar-refractivity contribution in [2.24, 2.45) is 0 Å². The second-order valence-corrected chi connectivity index (χ2v) is 6.97. The Kier molecular flexibility index (Phi) is 2.48. The zero-order valence-corrected chi connectivity index (χ0v) is 11.7. The van der Waals surface area contributed by atoms with Crippen molar-refractivity contribution in [3.8, 4) is 0 Å². The molecule has 3 rings (SSSR count). The molecule has 1 aromatic heterocycles. The quantitative estimate of drug-likeness (QED) is 0.745. The van der Waals surface area contributed by atoms with E-state index in [1.807, 2.05) is 0 Å². The van der Waals surface area contributed by atoms with E-state index in [0.29, 0.717) is 11.7 Å². The maximum atomic E-state index is 6.10. The van der Waals surface area contributed by atoms with Gasteiger partial charge in [0.25, 0.3) is 0 Å². The molecule has 92 valence electrons. The molecule has 1 aliphatic heterocycles. The van der Waals surface area contributed by atoms with Gasteiger partial charge in [-0.05, 0) is 62.4 Å². The summed E-state index contributed by atoms with van der Waals surface area (Å²) >= 11 is 1.77. The lowest BCUT2D eigenvalue weighted by Gasteiger charge is -2.32. The molecular formula is C13H19BO2S. The fourth-order valence-electron chi connectivity index (χ4n) is 2.45. The molecule has 0 amide bonds. The van der Waals surface area contributed by atoms with Crippen molar-refractivity contribution in [1.82, 2.24) is 0 Å². The van der Waals surface area contributed by atoms with Gasteiger partial charge < -0.3 is 9.31 Å². The minimum Gasteiger partial charge on any atom is -0.403 e. The standard InChI is InChI=1S/C13H19BO2S/c1-12(2)13(3,4)16-14(15-12)11-7-10(11)9-5-6-17-8-9/h5-6,8,10-11H,7H2,1-4H3/t10-,11+/m0/s1. The molecule has 1 aliphatic carbocycles. The molecule has 1 aromatic rings. The molecule has 4 heteroatoms. The van der Waals surface area contributed by atoms with Crippen molar-refractivity contribution >= 4 is 18.5 Å². The average molecular weight is 250 g/mol. The fraction of sp³-hybridized carbons (Fsp3) is 0.692. The molecule has 0 aromatic carbocycles. The zero-order valence-electron chi connectivity index (χ0n) is 10.9. The smallest absolute Gasteiger partial charge is 0.403 e. The lowest BCUT2D eigenvalue weighted by atomic mass is 9.80. The molecule has 0 radical (unpaired) electrons. The second-order valence-electron chi connectivity index (χ2n) is 6.19. The monoisotopic (exact) mass is 250 g/mol. The molecule has 2 nitrogen and oxygen atoms in total. The third-order valence-corrected chi connectivity index (χ3v) is 5.13. The lowest BCUT2D eigenvalue weighted by Crippen LogP contribution is -2.41. The maximum Gasteiger partial charge on any atom is 0.461 e. The van der Waals surface area contributed by atoms with Gasteiger partial charge >= 0.3 is 7.12 Å². The van der Waals surface area contributed by atoms with E-state index in [4.69, 9.17) is 9.31 Å². The van der Waals surface area contributed by atoms with E-state index in [1.165, 1.54) is 12.0 Å². The van der Waals surface area contributed by atoms with Crippen LogP contribution in [0.1, 0.15) is 45.6 Å². The molecule has 1 saturated carbocycles. The van der Waals surface area contributed by atoms with E-state index in [9.17, 15) is 0 Å². The molecule has 0 unspecified atom stereocenters. The van der Waals surface area contributed by atoms with E-state index in [1.54, 1.807) is 11.3 Å². The van der Waals surface area contributed by atoms with Crippen LogP contribution in [0, 0.1) is 0 Å². The van der Waals surface area contributed by atoms with Crippen LogP contribution < -0.4 is 0 Å². The van der Waals surface area contributed by atoms with Crippen molar-refractivity contribution in [1.29, 1.82) is 0 Å². The summed E-state index contributed by atoms with van der Waals surface area (Å²) in [6.45, 7) is 8.48. The number of thiophene rings is 1. The second kappa shape index (κ2) is 3.59. The Morgan fingerprint density at radius 2 is 1.88 bits per heavy atom. The summed E-state index contributed by atoms with van der Waals surface area (Å²) in [5.74, 6) is 1.20. The maximum absolute atomic E-state index is 6.10. The molecule has 0 N–H and O–H groups in total. The number of hydrogen-bond donors (Lipinski definition) is 0. The molecule has 2 heterocycles. The predicted molar refractivity (Wildman–Crippen MR) is 71.5 cm³/mol. The minimum absolute atomic E-state index is 0.0232. The first-order valence-electron chi connectivity index (χ1n) is 6.28. The number of rotatable bonds is 2. The highest BCUT2D eigenvalue weighted by molar-refractivity contribution is 7.08. The summed E-state index contributed by atoms with van der Waals surface area (Å²) in [7, 11) is -0.0232. The minimum atomic E-state index is -0.195. The van der Waals surface area contributed by atoms with Gasteiger partial charge in [0, 0.05) is 5.82 Å². The van der Waals surface area contributed by atoms with Gasteiger partial charge in [-0.15, -0.1) is 0 Å². The first kappa shape index (κ1) is 11.8. The first-order chi connectivity index (χ1) is 7.91. The van der Waals surface area contributed by atoms with Crippen molar-refractivity contribution in [2.45, 2.75) is 57.1 Å². The van der Waals surface area contributed by atoms with Crippen LogP contribution in [-0.4, -0.2) is 18.3 Å². The third-order valence-electron chi connectivity index (χ3n) is 4.43. The van der Waals surface area contributed by atoms with E-state index in [-0.39, 0.29) is 18.3 Å². The van der Waals surface area contributed by atoms with E-state index in [2.05, 4.69) is 44.5 Å². The Labute approximate surface area is 107 Å². The fourth-order valence-corrected chi connectivity index (χ4v) is 3.17. The highest BCUT2D eigenvalue weighted by Gasteiger charge is 2.59. The molecular weight excluding hydrogens is 231 g/mol. The van der Waals surface area contributed by atoms with Crippen LogP contribution in [0.4, 0.5) is 0 Å².